The van der Waals surface area contributed by atoms with Gasteiger partial charge in [-0.3, -0.25) is 10.0 Å². The van der Waals surface area contributed by atoms with Crippen LogP contribution in [0.25, 0.3) is 0 Å². The monoisotopic (exact) mass is 542 g/mol. The van der Waals surface area contributed by atoms with Gasteiger partial charge in [-0.2, -0.15) is 28.1 Å². The van der Waals surface area contributed by atoms with Crippen molar-refractivity contribution >= 4 is 35.4 Å². The van der Waals surface area contributed by atoms with Crippen LogP contribution in [0.5, 0.6) is 0 Å². The zero-order valence-electron chi connectivity index (χ0n) is 21.8. The topological polar surface area (TPSA) is 165 Å². The number of anilines is 4. The molecule has 0 bridgehead atoms. The van der Waals surface area contributed by atoms with Crippen LogP contribution in [0.3, 0.4) is 0 Å². The molecule has 1 fully saturated rings. The molecule has 3 rings (SSSR count). The van der Waals surface area contributed by atoms with Crippen LogP contribution in [0.2, 0.25) is 0 Å². The van der Waals surface area contributed by atoms with Gasteiger partial charge in [0.1, 0.15) is 0 Å². The number of carbonyl (C=O) groups is 2. The molecule has 1 amide bonds. The molecule has 1 aromatic heterocycles. The number of nitrogens with one attached hydrogen (secondary N) is 4. The number of hydroxylamine groups is 1. The van der Waals surface area contributed by atoms with Crippen LogP contribution in [0.15, 0.2) is 18.2 Å². The van der Waals surface area contributed by atoms with E-state index in [1.54, 1.807) is 23.7 Å². The van der Waals surface area contributed by atoms with E-state index in [-0.39, 0.29) is 11.5 Å². The minimum atomic E-state index is -5.08. The quantitative estimate of drug-likeness (QED) is 0.225. The molecule has 0 spiro atoms. The van der Waals surface area contributed by atoms with Crippen molar-refractivity contribution in [2.75, 3.05) is 42.2 Å². The van der Waals surface area contributed by atoms with Gasteiger partial charge in [-0.25, -0.2) is 10.3 Å². The third-order valence-electron chi connectivity index (χ3n) is 5.16. The first-order valence-corrected chi connectivity index (χ1v) is 11.7. The SMILES string of the molecule is Cc1ccc(C(=O)NO)cc1Nc1nc(N[C@@H]2CCNC2)nc(N(C)CC(C)(C)C)n1.O=C(O)C(F)(F)F. The highest BCUT2D eigenvalue weighted by Gasteiger charge is 2.38. The molecule has 6 N–H and O–H groups in total. The van der Waals surface area contributed by atoms with Gasteiger partial charge in [-0.15, -0.1) is 0 Å². The van der Waals surface area contributed by atoms with E-state index in [1.807, 2.05) is 18.9 Å². The van der Waals surface area contributed by atoms with Gasteiger partial charge in [-0.1, -0.05) is 26.8 Å². The number of rotatable bonds is 7. The molecular weight excluding hydrogens is 509 g/mol. The van der Waals surface area contributed by atoms with E-state index in [4.69, 9.17) is 15.1 Å². The van der Waals surface area contributed by atoms with E-state index >= 15 is 0 Å². The number of aryl methyl sites for hydroxylation is 1. The Bertz CT molecular complexity index is 1120. The molecule has 0 saturated carbocycles. The molecule has 15 heteroatoms. The lowest BCUT2D eigenvalue weighted by Gasteiger charge is -2.27. The van der Waals surface area contributed by atoms with Crippen molar-refractivity contribution in [2.45, 2.75) is 46.3 Å². The molecule has 0 radical (unpaired) electrons. The van der Waals surface area contributed by atoms with Crippen LogP contribution in [0.1, 0.15) is 43.1 Å². The van der Waals surface area contributed by atoms with E-state index < -0.39 is 18.1 Å². The summed E-state index contributed by atoms with van der Waals surface area (Å²) >= 11 is 0. The summed E-state index contributed by atoms with van der Waals surface area (Å²) in [6.45, 7) is 11.0. The molecule has 1 aliphatic rings. The number of carboxylic acids is 1. The highest BCUT2D eigenvalue weighted by atomic mass is 19.4. The third kappa shape index (κ3) is 9.63. The number of aromatic nitrogens is 3. The Kier molecular flexibility index (Phi) is 10.2. The van der Waals surface area contributed by atoms with E-state index in [1.165, 1.54) is 0 Å². The zero-order chi connectivity index (χ0) is 28.7. The summed E-state index contributed by atoms with van der Waals surface area (Å²) in [5.74, 6) is -1.90. The fraction of sp³-hybridized carbons (Fsp3) is 0.522. The molecule has 2 heterocycles. The van der Waals surface area contributed by atoms with Crippen LogP contribution >= 0.6 is 0 Å². The second-order valence-electron chi connectivity index (χ2n) is 9.93. The van der Waals surface area contributed by atoms with Crippen molar-refractivity contribution in [3.63, 3.8) is 0 Å². The van der Waals surface area contributed by atoms with Gasteiger partial charge in [0.2, 0.25) is 17.8 Å². The maximum atomic E-state index is 11.8. The molecule has 1 atom stereocenters. The summed E-state index contributed by atoms with van der Waals surface area (Å²) < 4.78 is 31.7. The van der Waals surface area contributed by atoms with E-state index in [9.17, 15) is 18.0 Å². The second kappa shape index (κ2) is 12.7. The van der Waals surface area contributed by atoms with Crippen molar-refractivity contribution in [1.29, 1.82) is 0 Å². The van der Waals surface area contributed by atoms with Crippen molar-refractivity contribution in [3.8, 4) is 0 Å². The fourth-order valence-corrected chi connectivity index (χ4v) is 3.48. The number of aliphatic carboxylic acids is 1. The molecule has 0 unspecified atom stereocenters. The molecule has 210 valence electrons. The lowest BCUT2D eigenvalue weighted by molar-refractivity contribution is -0.192. The number of carboxylic acid groups (broad SMARTS) is 1. The molecule has 0 aliphatic carbocycles. The number of halogens is 3. The van der Waals surface area contributed by atoms with Crippen molar-refractivity contribution in [2.24, 2.45) is 5.41 Å². The zero-order valence-corrected chi connectivity index (χ0v) is 21.8. The molecule has 1 aliphatic heterocycles. The maximum Gasteiger partial charge on any atom is 0.490 e. The smallest absolute Gasteiger partial charge is 0.475 e. The number of hydrogen-bond acceptors (Lipinski definition) is 10. The summed E-state index contributed by atoms with van der Waals surface area (Å²) in [5.41, 5.74) is 3.63. The van der Waals surface area contributed by atoms with Gasteiger partial charge in [-0.05, 0) is 43.0 Å². The number of amides is 1. The van der Waals surface area contributed by atoms with Gasteiger partial charge in [0.05, 0.1) is 0 Å². The van der Waals surface area contributed by atoms with Crippen LogP contribution in [0.4, 0.5) is 36.7 Å². The minimum absolute atomic E-state index is 0.0700. The van der Waals surface area contributed by atoms with Gasteiger partial charge >= 0.3 is 12.1 Å². The normalized spacial score (nSPS) is 15.2. The fourth-order valence-electron chi connectivity index (χ4n) is 3.48. The highest BCUT2D eigenvalue weighted by molar-refractivity contribution is 5.94. The standard InChI is InChI=1S/C21H32N8O2.C2HF3O2/c1-13-6-7-14(17(30)28-31)10-16(13)24-19-25-18(23-15-8-9-22-11-15)26-20(27-19)29(5)12-21(2,3)4;3-2(4,5)1(6)7/h6-7,10,15,22,31H,8-9,11-12H2,1-5H3,(H,28,30)(H2,23,24,25,26,27);(H,6,7)/t15-;/m1./s1. The van der Waals surface area contributed by atoms with Crippen molar-refractivity contribution in [3.05, 3.63) is 29.3 Å². The van der Waals surface area contributed by atoms with Crippen LogP contribution in [-0.4, -0.2) is 76.0 Å². The number of benzene rings is 1. The summed E-state index contributed by atoms with van der Waals surface area (Å²) in [6, 6.07) is 5.35. The summed E-state index contributed by atoms with van der Waals surface area (Å²) in [4.78, 5) is 36.5. The van der Waals surface area contributed by atoms with E-state index in [2.05, 4.69) is 51.7 Å². The molecule has 38 heavy (non-hydrogen) atoms. The Hall–Kier alpha value is -3.72. The predicted molar refractivity (Wildman–Crippen MR) is 135 cm³/mol. The van der Waals surface area contributed by atoms with Crippen molar-refractivity contribution in [1.82, 2.24) is 25.7 Å². The van der Waals surface area contributed by atoms with Crippen LogP contribution < -0.4 is 26.3 Å². The first-order valence-electron chi connectivity index (χ1n) is 11.7. The largest absolute Gasteiger partial charge is 0.490 e. The predicted octanol–water partition coefficient (Wildman–Crippen LogP) is 2.93. The van der Waals surface area contributed by atoms with Gasteiger partial charge in [0.25, 0.3) is 5.91 Å². The molecular formula is C23H33F3N8O4. The number of nitrogens with zero attached hydrogens (tertiary/aromatic N) is 4. The van der Waals surface area contributed by atoms with Gasteiger partial charge in [0.15, 0.2) is 0 Å². The van der Waals surface area contributed by atoms with Gasteiger partial charge in [0, 0.05) is 37.4 Å². The van der Waals surface area contributed by atoms with Crippen LogP contribution in [0, 0.1) is 12.3 Å². The lowest BCUT2D eigenvalue weighted by atomic mass is 9.96. The molecule has 1 aromatic carbocycles. The molecule has 2 aromatic rings. The number of alkyl halides is 3. The second-order valence-corrected chi connectivity index (χ2v) is 9.93. The molecule has 1 saturated heterocycles. The van der Waals surface area contributed by atoms with Gasteiger partial charge < -0.3 is 26.0 Å². The Labute approximate surface area is 218 Å². The Morgan fingerprint density at radius 3 is 2.32 bits per heavy atom. The average Bonchev–Trinajstić information content (AvgIpc) is 3.31. The summed E-state index contributed by atoms with van der Waals surface area (Å²) in [7, 11) is 1.96. The lowest BCUT2D eigenvalue weighted by Crippen LogP contribution is -2.31. The Morgan fingerprint density at radius 2 is 1.79 bits per heavy atom. The first kappa shape index (κ1) is 30.5. The van der Waals surface area contributed by atoms with E-state index in [0.717, 1.165) is 31.6 Å². The summed E-state index contributed by atoms with van der Waals surface area (Å²) in [5, 5.41) is 26.0. The van der Waals surface area contributed by atoms with Crippen LogP contribution in [-0.2, 0) is 4.79 Å². The molecule has 12 nitrogen and oxygen atoms in total. The first-order chi connectivity index (χ1) is 17.6. The Balaban J connectivity index is 0.000000638. The maximum absolute atomic E-state index is 11.8. The highest BCUT2D eigenvalue weighted by Crippen LogP contribution is 2.24. The minimum Gasteiger partial charge on any atom is -0.475 e. The number of hydrogen-bond donors (Lipinski definition) is 6. The average molecular weight is 543 g/mol. The summed E-state index contributed by atoms with van der Waals surface area (Å²) in [6.07, 6.45) is -4.08. The number of carbonyl (C=O) groups excluding carboxylic acids is 1. The van der Waals surface area contributed by atoms with Crippen molar-refractivity contribution < 1.29 is 33.1 Å². The third-order valence-corrected chi connectivity index (χ3v) is 5.16. The Morgan fingerprint density at radius 1 is 1.16 bits per heavy atom. The van der Waals surface area contributed by atoms with E-state index in [0.29, 0.717) is 29.1 Å².